The van der Waals surface area contributed by atoms with E-state index in [-0.39, 0.29) is 42.6 Å². The van der Waals surface area contributed by atoms with E-state index in [4.69, 9.17) is 10.5 Å². The standard InChI is InChI=1S/C20H29N3O3.ClH/c1-13-4-5-18(26-3)17(10-13)23-12-16(11-19(23)24)20(25)22-8-6-15(7-9-22)14(2)21;/h4-5,10,14-16H,6-9,11-12,21H2,1-3H3;1H. The van der Waals surface area contributed by atoms with Gasteiger partial charge in [-0.2, -0.15) is 0 Å². The van der Waals surface area contributed by atoms with Crippen molar-refractivity contribution in [3.8, 4) is 5.75 Å². The molecule has 3 rings (SSSR count). The highest BCUT2D eigenvalue weighted by Gasteiger charge is 2.39. The molecule has 150 valence electrons. The molecular weight excluding hydrogens is 366 g/mol. The molecule has 2 aliphatic rings. The minimum absolute atomic E-state index is 0. The number of methoxy groups -OCH3 is 1. The summed E-state index contributed by atoms with van der Waals surface area (Å²) >= 11 is 0. The van der Waals surface area contributed by atoms with Gasteiger partial charge in [-0.05, 0) is 50.3 Å². The number of carbonyl (C=O) groups is 2. The Morgan fingerprint density at radius 2 is 1.96 bits per heavy atom. The Morgan fingerprint density at radius 1 is 1.30 bits per heavy atom. The predicted molar refractivity (Wildman–Crippen MR) is 108 cm³/mol. The van der Waals surface area contributed by atoms with Crippen LogP contribution in [0.4, 0.5) is 5.69 Å². The number of likely N-dealkylation sites (tertiary alicyclic amines) is 1. The molecule has 2 saturated heterocycles. The van der Waals surface area contributed by atoms with Crippen LogP contribution in [0.2, 0.25) is 0 Å². The molecule has 7 heteroatoms. The van der Waals surface area contributed by atoms with Gasteiger partial charge in [0.15, 0.2) is 0 Å². The number of anilines is 1. The Kier molecular flexibility index (Phi) is 7.12. The van der Waals surface area contributed by atoms with Crippen LogP contribution in [-0.2, 0) is 9.59 Å². The summed E-state index contributed by atoms with van der Waals surface area (Å²) in [6.07, 6.45) is 2.15. The lowest BCUT2D eigenvalue weighted by molar-refractivity contribution is -0.137. The monoisotopic (exact) mass is 395 g/mol. The van der Waals surface area contributed by atoms with E-state index >= 15 is 0 Å². The third-order valence-electron chi connectivity index (χ3n) is 5.69. The number of aryl methyl sites for hydroxylation is 1. The minimum Gasteiger partial charge on any atom is -0.495 e. The van der Waals surface area contributed by atoms with Crippen LogP contribution in [0.15, 0.2) is 18.2 Å². The van der Waals surface area contributed by atoms with Crippen LogP contribution in [0.5, 0.6) is 5.75 Å². The SMILES string of the molecule is COc1ccc(C)cc1N1CC(C(=O)N2CCC(C(C)N)CC2)CC1=O.Cl. The lowest BCUT2D eigenvalue weighted by Gasteiger charge is -2.35. The highest BCUT2D eigenvalue weighted by atomic mass is 35.5. The van der Waals surface area contributed by atoms with Crippen LogP contribution >= 0.6 is 12.4 Å². The van der Waals surface area contributed by atoms with Crippen molar-refractivity contribution in [2.45, 2.75) is 39.2 Å². The fourth-order valence-electron chi connectivity index (χ4n) is 4.02. The van der Waals surface area contributed by atoms with Crippen LogP contribution in [-0.4, -0.2) is 49.5 Å². The lowest BCUT2D eigenvalue weighted by atomic mass is 9.90. The van der Waals surface area contributed by atoms with Crippen LogP contribution in [0.25, 0.3) is 0 Å². The lowest BCUT2D eigenvalue weighted by Crippen LogP contribution is -2.45. The van der Waals surface area contributed by atoms with Gasteiger partial charge >= 0.3 is 0 Å². The maximum absolute atomic E-state index is 12.9. The number of halogens is 1. The van der Waals surface area contributed by atoms with E-state index in [2.05, 4.69) is 0 Å². The largest absolute Gasteiger partial charge is 0.495 e. The van der Waals surface area contributed by atoms with Crippen molar-refractivity contribution >= 4 is 29.9 Å². The van der Waals surface area contributed by atoms with Crippen molar-refractivity contribution in [2.24, 2.45) is 17.6 Å². The van der Waals surface area contributed by atoms with Gasteiger partial charge in [0, 0.05) is 32.1 Å². The molecule has 0 spiro atoms. The molecule has 2 N–H and O–H groups in total. The number of hydrogen-bond acceptors (Lipinski definition) is 4. The van der Waals surface area contributed by atoms with Crippen LogP contribution in [0.1, 0.15) is 31.7 Å². The molecule has 2 fully saturated rings. The van der Waals surface area contributed by atoms with Gasteiger partial charge in [0.2, 0.25) is 11.8 Å². The van der Waals surface area contributed by atoms with E-state index < -0.39 is 0 Å². The first-order valence-corrected chi connectivity index (χ1v) is 9.40. The van der Waals surface area contributed by atoms with E-state index in [0.29, 0.717) is 18.2 Å². The number of piperidine rings is 1. The van der Waals surface area contributed by atoms with E-state index in [1.54, 1.807) is 12.0 Å². The quantitative estimate of drug-likeness (QED) is 0.849. The highest BCUT2D eigenvalue weighted by Crippen LogP contribution is 2.34. The zero-order valence-corrected chi connectivity index (χ0v) is 17.1. The van der Waals surface area contributed by atoms with E-state index in [0.717, 1.165) is 37.2 Å². The first kappa shape index (κ1) is 21.5. The van der Waals surface area contributed by atoms with Gasteiger partial charge in [0.05, 0.1) is 18.7 Å². The molecule has 0 saturated carbocycles. The van der Waals surface area contributed by atoms with Crippen LogP contribution in [0.3, 0.4) is 0 Å². The molecule has 2 amide bonds. The second-order valence-corrected chi connectivity index (χ2v) is 7.60. The summed E-state index contributed by atoms with van der Waals surface area (Å²) in [5, 5.41) is 0. The second kappa shape index (κ2) is 8.93. The molecule has 2 atom stereocenters. The van der Waals surface area contributed by atoms with Crippen molar-refractivity contribution in [1.29, 1.82) is 0 Å². The summed E-state index contributed by atoms with van der Waals surface area (Å²) in [6, 6.07) is 5.93. The molecule has 6 nitrogen and oxygen atoms in total. The number of hydrogen-bond donors (Lipinski definition) is 1. The molecule has 27 heavy (non-hydrogen) atoms. The van der Waals surface area contributed by atoms with Crippen molar-refractivity contribution in [1.82, 2.24) is 4.90 Å². The number of nitrogens with two attached hydrogens (primary N) is 1. The molecule has 0 aliphatic carbocycles. The average molecular weight is 396 g/mol. The summed E-state index contributed by atoms with van der Waals surface area (Å²) in [5.41, 5.74) is 7.79. The Balaban J connectivity index is 0.00000261. The van der Waals surface area contributed by atoms with Gasteiger partial charge in [-0.15, -0.1) is 12.4 Å². The minimum atomic E-state index is -0.278. The molecule has 0 radical (unpaired) electrons. The molecule has 0 bridgehead atoms. The Hall–Kier alpha value is -1.79. The third kappa shape index (κ3) is 4.55. The summed E-state index contributed by atoms with van der Waals surface area (Å²) in [7, 11) is 1.60. The Morgan fingerprint density at radius 3 is 2.56 bits per heavy atom. The fourth-order valence-corrected chi connectivity index (χ4v) is 4.02. The Bertz CT molecular complexity index is 687. The molecule has 2 unspecified atom stereocenters. The second-order valence-electron chi connectivity index (χ2n) is 7.60. The number of carbonyl (C=O) groups excluding carboxylic acids is 2. The van der Waals surface area contributed by atoms with Gasteiger partial charge in [-0.25, -0.2) is 0 Å². The van der Waals surface area contributed by atoms with Gasteiger partial charge in [-0.1, -0.05) is 6.07 Å². The van der Waals surface area contributed by atoms with E-state index in [1.165, 1.54) is 0 Å². The Labute approximate surface area is 167 Å². The molecule has 1 aromatic rings. The zero-order valence-electron chi connectivity index (χ0n) is 16.3. The number of ether oxygens (including phenoxy) is 1. The number of rotatable bonds is 4. The first-order chi connectivity index (χ1) is 12.4. The number of amides is 2. The first-order valence-electron chi connectivity index (χ1n) is 9.40. The van der Waals surface area contributed by atoms with Crippen LogP contribution in [0, 0.1) is 18.8 Å². The summed E-state index contributed by atoms with van der Waals surface area (Å²) in [5.74, 6) is 0.944. The van der Waals surface area contributed by atoms with Crippen molar-refractivity contribution in [2.75, 3.05) is 31.6 Å². The molecular formula is C20H30ClN3O3. The molecule has 0 aromatic heterocycles. The summed E-state index contributed by atoms with van der Waals surface area (Å²) < 4.78 is 5.41. The van der Waals surface area contributed by atoms with E-state index in [1.807, 2.05) is 36.9 Å². The van der Waals surface area contributed by atoms with Gasteiger partial charge in [0.1, 0.15) is 5.75 Å². The zero-order chi connectivity index (χ0) is 18.8. The number of benzene rings is 1. The van der Waals surface area contributed by atoms with Crippen molar-refractivity contribution in [3.63, 3.8) is 0 Å². The van der Waals surface area contributed by atoms with Gasteiger partial charge in [-0.3, -0.25) is 9.59 Å². The number of nitrogens with zero attached hydrogens (tertiary/aromatic N) is 2. The summed E-state index contributed by atoms with van der Waals surface area (Å²) in [6.45, 7) is 5.91. The maximum Gasteiger partial charge on any atom is 0.228 e. The van der Waals surface area contributed by atoms with E-state index in [9.17, 15) is 9.59 Å². The highest BCUT2D eigenvalue weighted by molar-refractivity contribution is 6.01. The average Bonchev–Trinajstić information content (AvgIpc) is 3.02. The van der Waals surface area contributed by atoms with Crippen molar-refractivity contribution in [3.05, 3.63) is 23.8 Å². The summed E-state index contributed by atoms with van der Waals surface area (Å²) in [4.78, 5) is 29.1. The maximum atomic E-state index is 12.9. The smallest absolute Gasteiger partial charge is 0.228 e. The molecule has 2 heterocycles. The van der Waals surface area contributed by atoms with Gasteiger partial charge in [0.25, 0.3) is 0 Å². The van der Waals surface area contributed by atoms with Crippen LogP contribution < -0.4 is 15.4 Å². The normalized spacial score (nSPS) is 21.8. The topological polar surface area (TPSA) is 75.9 Å². The third-order valence-corrected chi connectivity index (χ3v) is 5.69. The van der Waals surface area contributed by atoms with Gasteiger partial charge < -0.3 is 20.3 Å². The molecule has 1 aromatic carbocycles. The fraction of sp³-hybridized carbons (Fsp3) is 0.600. The molecule has 2 aliphatic heterocycles. The van der Waals surface area contributed by atoms with Crippen molar-refractivity contribution < 1.29 is 14.3 Å². The predicted octanol–water partition coefficient (Wildman–Crippen LogP) is 2.36.